The van der Waals surface area contributed by atoms with E-state index < -0.39 is 6.04 Å². The standard InChI is InChI=1S/C22H25N5O2S/c23-10-18-8-15(11-24-18)12-25-13-16-9-17(14-25)21(22(29)26-4-6-30-7-5-26)27-19(16)2-1-3-20(27)28/h1-3,8,11,16-17,21,24H,4-7,9,12-14H2/t16-,17+,21+/m0/s1. The lowest BCUT2D eigenvalue weighted by Gasteiger charge is -2.47. The normalized spacial score (nSPS) is 26.1. The summed E-state index contributed by atoms with van der Waals surface area (Å²) in [6.07, 6.45) is 2.82. The summed E-state index contributed by atoms with van der Waals surface area (Å²) in [6.45, 7) is 3.90. The van der Waals surface area contributed by atoms with Gasteiger partial charge in [0.2, 0.25) is 5.91 Å². The van der Waals surface area contributed by atoms with Crippen LogP contribution >= 0.6 is 11.8 Å². The van der Waals surface area contributed by atoms with E-state index in [1.165, 1.54) is 0 Å². The summed E-state index contributed by atoms with van der Waals surface area (Å²) in [5.41, 5.74) is 2.56. The van der Waals surface area contributed by atoms with E-state index in [1.807, 2.05) is 41.1 Å². The minimum Gasteiger partial charge on any atom is -0.353 e. The van der Waals surface area contributed by atoms with Crippen LogP contribution in [-0.2, 0) is 11.3 Å². The Labute approximate surface area is 179 Å². The Morgan fingerprint density at radius 3 is 2.87 bits per heavy atom. The van der Waals surface area contributed by atoms with E-state index in [2.05, 4.69) is 16.0 Å². The molecule has 8 heteroatoms. The summed E-state index contributed by atoms with van der Waals surface area (Å²) in [4.78, 5) is 33.7. The second-order valence-corrected chi connectivity index (χ2v) is 9.69. The van der Waals surface area contributed by atoms with Gasteiger partial charge in [0.05, 0.1) is 0 Å². The first-order valence-electron chi connectivity index (χ1n) is 10.5. The Morgan fingerprint density at radius 2 is 2.10 bits per heavy atom. The van der Waals surface area contributed by atoms with Gasteiger partial charge < -0.3 is 9.88 Å². The van der Waals surface area contributed by atoms with Crippen molar-refractivity contribution in [2.45, 2.75) is 24.9 Å². The second-order valence-electron chi connectivity index (χ2n) is 8.46. The number of nitrogens with one attached hydrogen (secondary N) is 1. The van der Waals surface area contributed by atoms with Crippen LogP contribution in [0.2, 0.25) is 0 Å². The lowest BCUT2D eigenvalue weighted by atomic mass is 9.78. The van der Waals surface area contributed by atoms with Crippen LogP contribution in [0.5, 0.6) is 0 Å². The van der Waals surface area contributed by atoms with Crippen molar-refractivity contribution in [1.82, 2.24) is 19.4 Å². The third-order valence-electron chi connectivity index (χ3n) is 6.57. The van der Waals surface area contributed by atoms with Crippen LogP contribution in [-0.4, -0.2) is 62.9 Å². The van der Waals surface area contributed by atoms with Gasteiger partial charge in [0, 0.05) is 74.0 Å². The molecule has 0 unspecified atom stereocenters. The number of piperidine rings is 1. The van der Waals surface area contributed by atoms with Crippen molar-refractivity contribution < 1.29 is 4.79 Å². The van der Waals surface area contributed by atoms with Crippen molar-refractivity contribution in [3.8, 4) is 6.07 Å². The van der Waals surface area contributed by atoms with E-state index in [0.717, 1.165) is 61.9 Å². The first-order valence-corrected chi connectivity index (χ1v) is 11.7. The highest BCUT2D eigenvalue weighted by Crippen LogP contribution is 2.42. The molecule has 30 heavy (non-hydrogen) atoms. The molecule has 7 nitrogen and oxygen atoms in total. The number of aromatic amines is 1. The number of carbonyl (C=O) groups excluding carboxylic acids is 1. The van der Waals surface area contributed by atoms with E-state index >= 15 is 0 Å². The fourth-order valence-corrected chi connectivity index (χ4v) is 6.20. The zero-order chi connectivity index (χ0) is 20.7. The number of thioether (sulfide) groups is 1. The molecule has 0 aromatic carbocycles. The van der Waals surface area contributed by atoms with Gasteiger partial charge in [-0.2, -0.15) is 17.0 Å². The number of fused-ring (bicyclic) bond motifs is 4. The Bertz CT molecular complexity index is 1050. The van der Waals surface area contributed by atoms with Crippen LogP contribution in [0, 0.1) is 17.2 Å². The van der Waals surface area contributed by atoms with E-state index in [9.17, 15) is 9.59 Å². The van der Waals surface area contributed by atoms with Gasteiger partial charge in [-0.3, -0.25) is 19.1 Å². The number of nitriles is 1. The van der Waals surface area contributed by atoms with Crippen LogP contribution < -0.4 is 5.56 Å². The van der Waals surface area contributed by atoms with Crippen LogP contribution in [0.15, 0.2) is 35.3 Å². The summed E-state index contributed by atoms with van der Waals surface area (Å²) < 4.78 is 1.80. The molecule has 3 atom stereocenters. The molecule has 3 aliphatic heterocycles. The third kappa shape index (κ3) is 3.46. The molecule has 2 fully saturated rings. The molecule has 5 rings (SSSR count). The molecule has 2 bridgehead atoms. The molecule has 5 heterocycles. The molecule has 0 spiro atoms. The Kier molecular flexibility index (Phi) is 5.17. The van der Waals surface area contributed by atoms with E-state index in [-0.39, 0.29) is 23.3 Å². The number of nitrogens with zero attached hydrogens (tertiary/aromatic N) is 4. The van der Waals surface area contributed by atoms with Gasteiger partial charge in [-0.15, -0.1) is 0 Å². The summed E-state index contributed by atoms with van der Waals surface area (Å²) in [5, 5.41) is 9.07. The number of hydrogen-bond acceptors (Lipinski definition) is 5. The fraction of sp³-hybridized carbons (Fsp3) is 0.500. The summed E-state index contributed by atoms with van der Waals surface area (Å²) in [6, 6.07) is 9.02. The molecular weight excluding hydrogens is 398 g/mol. The number of aromatic nitrogens is 2. The summed E-state index contributed by atoms with van der Waals surface area (Å²) in [5.74, 6) is 2.39. The van der Waals surface area contributed by atoms with Gasteiger partial charge in [-0.25, -0.2) is 0 Å². The van der Waals surface area contributed by atoms with Gasteiger partial charge in [0.1, 0.15) is 17.8 Å². The summed E-state index contributed by atoms with van der Waals surface area (Å²) in [7, 11) is 0. The average Bonchev–Trinajstić information content (AvgIpc) is 3.22. The van der Waals surface area contributed by atoms with Crippen LogP contribution in [0.1, 0.15) is 35.3 Å². The minimum atomic E-state index is -0.420. The number of amides is 1. The van der Waals surface area contributed by atoms with E-state index in [4.69, 9.17) is 5.26 Å². The number of pyridine rings is 1. The van der Waals surface area contributed by atoms with Crippen molar-refractivity contribution in [1.29, 1.82) is 5.26 Å². The number of hydrogen-bond donors (Lipinski definition) is 1. The molecule has 1 N–H and O–H groups in total. The van der Waals surface area contributed by atoms with Crippen molar-refractivity contribution in [2.75, 3.05) is 37.7 Å². The Balaban J connectivity index is 1.46. The molecule has 156 valence electrons. The average molecular weight is 424 g/mol. The molecule has 2 aromatic heterocycles. The SMILES string of the molecule is N#Cc1cc(CN2C[C@@H]3C[C@H](C2)[C@H](C(=O)N2CCSCC2)n2c3cccc2=O)c[nH]1. The highest BCUT2D eigenvalue weighted by Gasteiger charge is 2.45. The van der Waals surface area contributed by atoms with Crippen LogP contribution in [0.3, 0.4) is 0 Å². The minimum absolute atomic E-state index is 0.0651. The predicted molar refractivity (Wildman–Crippen MR) is 115 cm³/mol. The zero-order valence-corrected chi connectivity index (χ0v) is 17.6. The van der Waals surface area contributed by atoms with Crippen molar-refractivity contribution in [3.63, 3.8) is 0 Å². The van der Waals surface area contributed by atoms with Gasteiger partial charge in [0.25, 0.3) is 5.56 Å². The fourth-order valence-electron chi connectivity index (χ4n) is 5.30. The highest BCUT2D eigenvalue weighted by molar-refractivity contribution is 7.99. The van der Waals surface area contributed by atoms with Gasteiger partial charge >= 0.3 is 0 Å². The van der Waals surface area contributed by atoms with Crippen molar-refractivity contribution in [2.24, 2.45) is 5.92 Å². The number of likely N-dealkylation sites (tertiary alicyclic amines) is 1. The maximum atomic E-state index is 13.6. The van der Waals surface area contributed by atoms with Crippen LogP contribution in [0.25, 0.3) is 0 Å². The monoisotopic (exact) mass is 423 g/mol. The summed E-state index contributed by atoms with van der Waals surface area (Å²) >= 11 is 1.88. The van der Waals surface area contributed by atoms with Crippen LogP contribution in [0.4, 0.5) is 0 Å². The molecule has 0 radical (unpaired) electrons. The topological polar surface area (TPSA) is 85.1 Å². The smallest absolute Gasteiger partial charge is 0.251 e. The molecule has 2 aromatic rings. The van der Waals surface area contributed by atoms with E-state index in [1.54, 1.807) is 10.6 Å². The van der Waals surface area contributed by atoms with Crippen molar-refractivity contribution >= 4 is 17.7 Å². The van der Waals surface area contributed by atoms with Gasteiger partial charge in [0.15, 0.2) is 0 Å². The third-order valence-corrected chi connectivity index (χ3v) is 7.51. The number of rotatable bonds is 3. The quantitative estimate of drug-likeness (QED) is 0.814. The van der Waals surface area contributed by atoms with Crippen molar-refractivity contribution in [3.05, 3.63) is 57.8 Å². The number of carbonyl (C=O) groups is 1. The Morgan fingerprint density at radius 1 is 1.27 bits per heavy atom. The van der Waals surface area contributed by atoms with Gasteiger partial charge in [-0.1, -0.05) is 6.07 Å². The first-order chi connectivity index (χ1) is 14.6. The zero-order valence-electron chi connectivity index (χ0n) is 16.8. The lowest BCUT2D eigenvalue weighted by Crippen LogP contribution is -2.54. The first kappa shape index (κ1) is 19.5. The van der Waals surface area contributed by atoms with Gasteiger partial charge in [-0.05, 0) is 24.1 Å². The lowest BCUT2D eigenvalue weighted by molar-refractivity contribution is -0.138. The molecule has 0 saturated carbocycles. The highest BCUT2D eigenvalue weighted by atomic mass is 32.2. The molecule has 0 aliphatic carbocycles. The predicted octanol–water partition coefficient (Wildman–Crippen LogP) is 1.78. The molecule has 1 amide bonds. The molecule has 2 saturated heterocycles. The largest absolute Gasteiger partial charge is 0.353 e. The number of H-pyrrole nitrogens is 1. The molecular formula is C22H25N5O2S. The second kappa shape index (κ2) is 7.97. The maximum absolute atomic E-state index is 13.6. The molecule has 3 aliphatic rings. The Hall–Kier alpha value is -2.50. The maximum Gasteiger partial charge on any atom is 0.251 e. The van der Waals surface area contributed by atoms with E-state index in [0.29, 0.717) is 5.69 Å².